The summed E-state index contributed by atoms with van der Waals surface area (Å²) in [5.41, 5.74) is 16.5. The molecule has 210 valence electrons. The van der Waals surface area contributed by atoms with Crippen LogP contribution in [0.3, 0.4) is 0 Å². The Morgan fingerprint density at radius 1 is 1.11 bits per heavy atom. The normalized spacial score (nSPS) is 21.3. The Morgan fingerprint density at radius 2 is 1.74 bits per heavy atom. The standard InChI is InChI=1S/C25H37N5O8/c1-4-14(5-2)21(29-13(3)31)20-18(30-25(27)28)10-17(22(20)33)24(35)37-12-36-23(34)15-6-8-16(9-7-15)38-19(32)11-26/h6-9,14,17-18,20-22,33H,4-5,10-12,26H2,1-3H3,(H,29,31)(H4,27,28,30)/t17-,18+,20+,21?,22+/m0/s1. The van der Waals surface area contributed by atoms with E-state index in [0.717, 1.165) is 12.8 Å². The summed E-state index contributed by atoms with van der Waals surface area (Å²) in [5, 5.41) is 14.1. The largest absolute Gasteiger partial charge is 0.428 e. The second-order valence-electron chi connectivity index (χ2n) is 9.05. The van der Waals surface area contributed by atoms with Gasteiger partial charge in [-0.3, -0.25) is 14.4 Å². The van der Waals surface area contributed by atoms with Gasteiger partial charge < -0.3 is 41.8 Å². The van der Waals surface area contributed by atoms with Crippen LogP contribution in [0.1, 0.15) is 50.4 Å². The summed E-state index contributed by atoms with van der Waals surface area (Å²) in [5.74, 6) is -4.12. The van der Waals surface area contributed by atoms with E-state index in [4.69, 9.17) is 31.4 Å². The molecular weight excluding hydrogens is 498 g/mol. The van der Waals surface area contributed by atoms with Crippen molar-refractivity contribution in [1.29, 1.82) is 0 Å². The Balaban J connectivity index is 2.07. The van der Waals surface area contributed by atoms with E-state index in [9.17, 15) is 24.3 Å². The molecule has 0 bridgehead atoms. The van der Waals surface area contributed by atoms with Crippen LogP contribution in [0.2, 0.25) is 0 Å². The fraction of sp³-hybridized carbons (Fsp3) is 0.560. The maximum Gasteiger partial charge on any atom is 0.341 e. The molecule has 1 fully saturated rings. The monoisotopic (exact) mass is 535 g/mol. The zero-order valence-electron chi connectivity index (χ0n) is 21.8. The molecule has 0 aromatic heterocycles. The number of aliphatic imine (C=N–C) groups is 1. The molecule has 1 unspecified atom stereocenters. The number of carbonyl (C=O) groups excluding carboxylic acids is 4. The summed E-state index contributed by atoms with van der Waals surface area (Å²) in [6, 6.07) is 4.40. The van der Waals surface area contributed by atoms with Crippen LogP contribution < -0.4 is 27.3 Å². The molecule has 0 saturated heterocycles. The summed E-state index contributed by atoms with van der Waals surface area (Å²) in [6.45, 7) is 4.35. The topological polar surface area (TPSA) is 219 Å². The van der Waals surface area contributed by atoms with Crippen LogP contribution in [0.25, 0.3) is 0 Å². The SMILES string of the molecule is CCC(CC)C(NC(C)=O)[C@@H]1[C@H](O)[C@@H](C(=O)OCOC(=O)c2ccc(OC(=O)CN)cc2)C[C@H]1N=C(N)N. The van der Waals surface area contributed by atoms with Gasteiger partial charge >= 0.3 is 17.9 Å². The summed E-state index contributed by atoms with van der Waals surface area (Å²) < 4.78 is 15.1. The Bertz CT molecular complexity index is 1010. The molecule has 1 saturated carbocycles. The first-order valence-corrected chi connectivity index (χ1v) is 12.4. The highest BCUT2D eigenvalue weighted by Gasteiger charge is 2.51. The number of benzene rings is 1. The van der Waals surface area contributed by atoms with Gasteiger partial charge in [-0.1, -0.05) is 26.7 Å². The fourth-order valence-corrected chi connectivity index (χ4v) is 4.79. The summed E-state index contributed by atoms with van der Waals surface area (Å²) in [6.07, 6.45) is 0.310. The number of nitrogens with two attached hydrogens (primary N) is 3. The van der Waals surface area contributed by atoms with E-state index < -0.39 is 54.7 Å². The third-order valence-corrected chi connectivity index (χ3v) is 6.58. The van der Waals surface area contributed by atoms with E-state index in [0.29, 0.717) is 0 Å². The number of guanidine groups is 1. The first-order chi connectivity index (χ1) is 18.0. The lowest BCUT2D eigenvalue weighted by Gasteiger charge is -2.35. The van der Waals surface area contributed by atoms with Crippen molar-refractivity contribution >= 4 is 29.8 Å². The molecule has 0 heterocycles. The van der Waals surface area contributed by atoms with Crippen molar-refractivity contribution in [2.45, 2.75) is 58.2 Å². The molecule has 1 aromatic rings. The third kappa shape index (κ3) is 8.15. The zero-order chi connectivity index (χ0) is 28.4. The van der Waals surface area contributed by atoms with Gasteiger partial charge in [-0.05, 0) is 36.6 Å². The number of nitrogens with one attached hydrogen (secondary N) is 1. The fourth-order valence-electron chi connectivity index (χ4n) is 4.79. The van der Waals surface area contributed by atoms with Crippen LogP contribution >= 0.6 is 0 Å². The molecule has 0 aliphatic heterocycles. The number of hydrogen-bond acceptors (Lipinski definition) is 10. The van der Waals surface area contributed by atoms with Crippen molar-refractivity contribution in [2.75, 3.05) is 13.3 Å². The quantitative estimate of drug-likeness (QED) is 0.0774. The predicted molar refractivity (Wildman–Crippen MR) is 136 cm³/mol. The zero-order valence-corrected chi connectivity index (χ0v) is 21.8. The number of ether oxygens (including phenoxy) is 3. The smallest absolute Gasteiger partial charge is 0.341 e. The second kappa shape index (κ2) is 14.3. The number of aliphatic hydroxyl groups excluding tert-OH is 1. The lowest BCUT2D eigenvalue weighted by Crippen LogP contribution is -2.51. The van der Waals surface area contributed by atoms with Crippen LogP contribution in [0, 0.1) is 17.8 Å². The number of esters is 3. The molecular formula is C25H37N5O8. The molecule has 0 radical (unpaired) electrons. The minimum absolute atomic E-state index is 0.0104. The highest BCUT2D eigenvalue weighted by atomic mass is 16.7. The van der Waals surface area contributed by atoms with Crippen molar-refractivity contribution in [1.82, 2.24) is 5.32 Å². The van der Waals surface area contributed by atoms with Crippen LogP contribution in [-0.2, 0) is 23.9 Å². The van der Waals surface area contributed by atoms with Gasteiger partial charge in [-0.2, -0.15) is 0 Å². The maximum absolute atomic E-state index is 12.8. The van der Waals surface area contributed by atoms with E-state index in [1.54, 1.807) is 0 Å². The van der Waals surface area contributed by atoms with E-state index in [-0.39, 0.29) is 42.1 Å². The lowest BCUT2D eigenvalue weighted by molar-refractivity contribution is -0.160. The van der Waals surface area contributed by atoms with E-state index >= 15 is 0 Å². The molecule has 13 nitrogen and oxygen atoms in total. The van der Waals surface area contributed by atoms with Gasteiger partial charge in [0.15, 0.2) is 5.96 Å². The van der Waals surface area contributed by atoms with Crippen LogP contribution in [-0.4, -0.2) is 66.4 Å². The van der Waals surface area contributed by atoms with Crippen molar-refractivity contribution in [3.05, 3.63) is 29.8 Å². The minimum atomic E-state index is -1.22. The molecule has 1 amide bonds. The number of aliphatic hydroxyl groups is 1. The van der Waals surface area contributed by atoms with E-state index in [2.05, 4.69) is 10.3 Å². The van der Waals surface area contributed by atoms with Gasteiger partial charge in [0.1, 0.15) is 5.75 Å². The first-order valence-electron chi connectivity index (χ1n) is 12.4. The van der Waals surface area contributed by atoms with Crippen LogP contribution in [0.4, 0.5) is 0 Å². The highest BCUT2D eigenvalue weighted by molar-refractivity contribution is 5.89. The van der Waals surface area contributed by atoms with Crippen molar-refractivity contribution in [3.8, 4) is 5.75 Å². The number of rotatable bonds is 12. The van der Waals surface area contributed by atoms with Crippen LogP contribution in [0.15, 0.2) is 29.3 Å². The van der Waals surface area contributed by atoms with Crippen molar-refractivity contribution in [2.24, 2.45) is 39.9 Å². The van der Waals surface area contributed by atoms with Gasteiger partial charge in [0.05, 0.1) is 30.2 Å². The number of hydrogen-bond donors (Lipinski definition) is 5. The summed E-state index contributed by atoms with van der Waals surface area (Å²) in [7, 11) is 0. The highest BCUT2D eigenvalue weighted by Crippen LogP contribution is 2.40. The minimum Gasteiger partial charge on any atom is -0.428 e. The maximum atomic E-state index is 12.8. The second-order valence-corrected chi connectivity index (χ2v) is 9.05. The van der Waals surface area contributed by atoms with Crippen molar-refractivity contribution < 1.29 is 38.5 Å². The molecule has 5 atom stereocenters. The molecule has 1 aliphatic rings. The number of carbonyl (C=O) groups is 4. The molecule has 8 N–H and O–H groups in total. The average molecular weight is 536 g/mol. The Morgan fingerprint density at radius 3 is 2.26 bits per heavy atom. The van der Waals surface area contributed by atoms with Gasteiger partial charge in [0.25, 0.3) is 0 Å². The molecule has 38 heavy (non-hydrogen) atoms. The van der Waals surface area contributed by atoms with Gasteiger partial charge in [0, 0.05) is 18.9 Å². The molecule has 1 aliphatic carbocycles. The van der Waals surface area contributed by atoms with Crippen LogP contribution in [0.5, 0.6) is 5.75 Å². The Labute approximate surface area is 221 Å². The van der Waals surface area contributed by atoms with Crippen molar-refractivity contribution in [3.63, 3.8) is 0 Å². The summed E-state index contributed by atoms with van der Waals surface area (Å²) >= 11 is 0. The Hall–Kier alpha value is -3.71. The molecule has 2 rings (SSSR count). The molecule has 1 aromatic carbocycles. The lowest BCUT2D eigenvalue weighted by atomic mass is 9.80. The summed E-state index contributed by atoms with van der Waals surface area (Å²) in [4.78, 5) is 52.6. The number of amides is 1. The molecule has 0 spiro atoms. The average Bonchev–Trinajstić information content (AvgIpc) is 3.18. The van der Waals surface area contributed by atoms with E-state index in [1.165, 1.54) is 31.2 Å². The Kier molecular flexibility index (Phi) is 11.5. The number of nitrogens with zero attached hydrogens (tertiary/aromatic N) is 1. The van der Waals surface area contributed by atoms with Gasteiger partial charge in [-0.25, -0.2) is 9.79 Å². The van der Waals surface area contributed by atoms with E-state index in [1.807, 2.05) is 13.8 Å². The molecule has 13 heteroatoms. The first kappa shape index (κ1) is 30.5. The third-order valence-electron chi connectivity index (χ3n) is 6.58. The van der Waals surface area contributed by atoms with Gasteiger partial charge in [0.2, 0.25) is 12.7 Å². The van der Waals surface area contributed by atoms with Gasteiger partial charge in [-0.15, -0.1) is 0 Å². The predicted octanol–water partition coefficient (Wildman–Crippen LogP) is -0.212.